The molecule has 0 aliphatic heterocycles. The van der Waals surface area contributed by atoms with Crippen LogP contribution in [0.4, 0.5) is 13.2 Å². The van der Waals surface area contributed by atoms with Crippen LogP contribution in [0, 0.1) is 0 Å². The first-order valence-corrected chi connectivity index (χ1v) is 10.4. The van der Waals surface area contributed by atoms with Gasteiger partial charge in [0.05, 0.1) is 12.2 Å². The number of phenols is 1. The monoisotopic (exact) mass is 482 g/mol. The molecule has 0 bridgehead atoms. The average molecular weight is 483 g/mol. The Hall–Kier alpha value is -2.90. The number of aromatic hydroxyl groups is 1. The minimum Gasteiger partial charge on any atom is -0.508 e. The zero-order valence-corrected chi connectivity index (χ0v) is 18.1. The largest absolute Gasteiger partial charge is 0.508 e. The number of hydrogen-bond acceptors (Lipinski definition) is 3. The maximum Gasteiger partial charge on any atom is 0.435 e. The number of nitrogens with zero attached hydrogens (tertiary/aromatic N) is 2. The summed E-state index contributed by atoms with van der Waals surface area (Å²) in [5, 5.41) is 13.0. The van der Waals surface area contributed by atoms with Gasteiger partial charge in [0.25, 0.3) is 0 Å². The van der Waals surface area contributed by atoms with Crippen molar-refractivity contribution in [2.24, 2.45) is 0 Å². The molecule has 0 amide bonds. The third kappa shape index (κ3) is 6.80. The number of phenolic OH excluding ortho intramolecular Hbond substituents is 1. The first kappa shape index (κ1) is 23.8. The van der Waals surface area contributed by atoms with Crippen molar-refractivity contribution >= 4 is 23.2 Å². The van der Waals surface area contributed by atoms with Crippen LogP contribution in [-0.2, 0) is 19.3 Å². The molecule has 0 aliphatic rings. The number of aromatic nitrogens is 2. The summed E-state index contributed by atoms with van der Waals surface area (Å²) in [6.07, 6.45) is 1.83. The number of allylic oxidation sites excluding steroid dienone is 4. The summed E-state index contributed by atoms with van der Waals surface area (Å²) in [4.78, 5) is -0.662. The molecule has 3 rings (SSSR count). The Kier molecular flexibility index (Phi) is 7.88. The number of halogens is 5. The molecule has 168 valence electrons. The van der Waals surface area contributed by atoms with E-state index < -0.39 is 16.7 Å². The molecule has 2 aromatic carbocycles. The zero-order valence-electron chi connectivity index (χ0n) is 16.6. The van der Waals surface area contributed by atoms with E-state index >= 15 is 0 Å². The van der Waals surface area contributed by atoms with Gasteiger partial charge < -0.3 is 9.84 Å². The average Bonchev–Trinajstić information content (AvgIpc) is 3.16. The molecule has 4 nitrogen and oxygen atoms in total. The summed E-state index contributed by atoms with van der Waals surface area (Å²) in [6.45, 7) is 0.0326. The second-order valence-corrected chi connectivity index (χ2v) is 7.87. The fourth-order valence-electron chi connectivity index (χ4n) is 2.81. The smallest absolute Gasteiger partial charge is 0.435 e. The van der Waals surface area contributed by atoms with Crippen molar-refractivity contribution in [2.75, 3.05) is 0 Å². The van der Waals surface area contributed by atoms with E-state index in [-0.39, 0.29) is 24.6 Å². The number of alkyl halides is 5. The third-order valence-corrected chi connectivity index (χ3v) is 4.67. The van der Waals surface area contributed by atoms with Crippen molar-refractivity contribution in [1.29, 1.82) is 0 Å². The van der Waals surface area contributed by atoms with Gasteiger partial charge in [-0.2, -0.15) is 18.3 Å². The highest BCUT2D eigenvalue weighted by atomic mass is 35.5. The second-order valence-electron chi connectivity index (χ2n) is 6.71. The molecule has 0 radical (unpaired) electrons. The molecule has 3 aromatic rings. The van der Waals surface area contributed by atoms with Gasteiger partial charge in [-0.3, -0.25) is 4.68 Å². The predicted octanol–water partition coefficient (Wildman–Crippen LogP) is 6.77. The van der Waals surface area contributed by atoms with Crippen molar-refractivity contribution in [2.45, 2.75) is 24.2 Å². The van der Waals surface area contributed by atoms with Crippen LogP contribution in [0.15, 0.2) is 78.9 Å². The number of ether oxygens (including phenoxy) is 1. The lowest BCUT2D eigenvalue weighted by Crippen LogP contribution is -2.09. The van der Waals surface area contributed by atoms with Gasteiger partial charge in [-0.05, 0) is 41.5 Å². The van der Waals surface area contributed by atoms with E-state index in [1.807, 2.05) is 12.1 Å². The first-order chi connectivity index (χ1) is 15.2. The van der Waals surface area contributed by atoms with Crippen molar-refractivity contribution in [3.63, 3.8) is 0 Å². The third-order valence-electron chi connectivity index (χ3n) is 4.38. The van der Waals surface area contributed by atoms with E-state index in [0.717, 1.165) is 17.2 Å². The molecule has 0 fully saturated rings. The van der Waals surface area contributed by atoms with Gasteiger partial charge in [0.1, 0.15) is 22.9 Å². The van der Waals surface area contributed by atoms with Gasteiger partial charge in [-0.25, -0.2) is 0 Å². The summed E-state index contributed by atoms with van der Waals surface area (Å²) < 4.78 is 46.3. The molecule has 1 aromatic heterocycles. The van der Waals surface area contributed by atoms with E-state index in [4.69, 9.17) is 27.9 Å². The standard InChI is InChI=1S/C23H19Cl2F3N2O2/c24-22(25)4-2-1-3-13-30-18(14-21(29-30)23(26,27)28)15-32-20-11-7-17(8-12-20)16-5-9-19(31)10-6-16/h1-12,14,22,31H,13,15H2/b3-1-,4-2-. The minimum absolute atomic E-state index is 0.0866. The zero-order chi connectivity index (χ0) is 23.1. The Morgan fingerprint density at radius 2 is 1.62 bits per heavy atom. The van der Waals surface area contributed by atoms with E-state index in [0.29, 0.717) is 5.75 Å². The van der Waals surface area contributed by atoms with Crippen molar-refractivity contribution in [3.05, 3.63) is 90.3 Å². The molecule has 0 spiro atoms. The highest BCUT2D eigenvalue weighted by molar-refractivity contribution is 6.45. The highest BCUT2D eigenvalue weighted by Crippen LogP contribution is 2.29. The quantitative estimate of drug-likeness (QED) is 0.284. The summed E-state index contributed by atoms with van der Waals surface area (Å²) in [5.74, 6) is 0.680. The topological polar surface area (TPSA) is 47.3 Å². The molecule has 0 saturated heterocycles. The van der Waals surface area contributed by atoms with Crippen LogP contribution in [-0.4, -0.2) is 19.7 Å². The highest BCUT2D eigenvalue weighted by Gasteiger charge is 2.34. The molecule has 9 heteroatoms. The summed E-state index contributed by atoms with van der Waals surface area (Å²) in [5.41, 5.74) is 1.12. The lowest BCUT2D eigenvalue weighted by molar-refractivity contribution is -0.141. The van der Waals surface area contributed by atoms with Crippen LogP contribution in [0.3, 0.4) is 0 Å². The number of hydrogen-bond donors (Lipinski definition) is 1. The molecule has 0 saturated carbocycles. The summed E-state index contributed by atoms with van der Waals surface area (Å²) in [7, 11) is 0. The molecule has 0 atom stereocenters. The second kappa shape index (κ2) is 10.6. The molecule has 1 heterocycles. The van der Waals surface area contributed by atoms with Crippen LogP contribution in [0.5, 0.6) is 11.5 Å². The lowest BCUT2D eigenvalue weighted by Gasteiger charge is -2.09. The molecular formula is C23H19Cl2F3N2O2. The fourth-order valence-corrected chi connectivity index (χ4v) is 2.98. The Morgan fingerprint density at radius 3 is 2.22 bits per heavy atom. The van der Waals surface area contributed by atoms with Crippen LogP contribution < -0.4 is 4.74 Å². The van der Waals surface area contributed by atoms with Gasteiger partial charge in [0.2, 0.25) is 0 Å². The maximum atomic E-state index is 13.1. The molecular weight excluding hydrogens is 464 g/mol. The van der Waals surface area contributed by atoms with Crippen LogP contribution in [0.1, 0.15) is 11.4 Å². The van der Waals surface area contributed by atoms with Gasteiger partial charge in [0, 0.05) is 0 Å². The van der Waals surface area contributed by atoms with E-state index in [9.17, 15) is 18.3 Å². The van der Waals surface area contributed by atoms with Gasteiger partial charge >= 0.3 is 6.18 Å². The van der Waals surface area contributed by atoms with E-state index in [1.165, 1.54) is 10.8 Å². The molecule has 0 aliphatic carbocycles. The molecule has 0 unspecified atom stereocenters. The first-order valence-electron chi connectivity index (χ1n) is 9.50. The minimum atomic E-state index is -4.56. The predicted molar refractivity (Wildman–Crippen MR) is 119 cm³/mol. The van der Waals surface area contributed by atoms with Crippen molar-refractivity contribution in [1.82, 2.24) is 9.78 Å². The van der Waals surface area contributed by atoms with Crippen molar-refractivity contribution in [3.8, 4) is 22.6 Å². The molecule has 1 N–H and O–H groups in total. The molecule has 32 heavy (non-hydrogen) atoms. The number of rotatable bonds is 8. The Balaban J connectivity index is 1.70. The van der Waals surface area contributed by atoms with Crippen LogP contribution >= 0.6 is 23.2 Å². The maximum absolute atomic E-state index is 13.1. The van der Waals surface area contributed by atoms with Gasteiger partial charge in [-0.15, -0.1) is 23.2 Å². The van der Waals surface area contributed by atoms with Crippen molar-refractivity contribution < 1.29 is 23.0 Å². The van der Waals surface area contributed by atoms with E-state index in [2.05, 4.69) is 5.10 Å². The van der Waals surface area contributed by atoms with Crippen LogP contribution in [0.25, 0.3) is 11.1 Å². The van der Waals surface area contributed by atoms with Gasteiger partial charge in [0.15, 0.2) is 5.69 Å². The summed E-state index contributed by atoms with van der Waals surface area (Å²) >= 11 is 11.2. The normalized spacial score (nSPS) is 12.3. The van der Waals surface area contributed by atoms with Gasteiger partial charge in [-0.1, -0.05) is 48.6 Å². The summed E-state index contributed by atoms with van der Waals surface area (Å²) in [6, 6.07) is 14.8. The fraction of sp³-hybridized carbons (Fsp3) is 0.174. The Labute approximate surface area is 193 Å². The lowest BCUT2D eigenvalue weighted by atomic mass is 10.1. The van der Waals surface area contributed by atoms with Crippen LogP contribution in [0.2, 0.25) is 0 Å². The Morgan fingerprint density at radius 1 is 1.00 bits per heavy atom. The van der Waals surface area contributed by atoms with E-state index in [1.54, 1.807) is 54.6 Å². The number of benzene rings is 2. The Bertz CT molecular complexity index is 1070. The SMILES string of the molecule is Oc1ccc(-c2ccc(OCc3cc(C(F)(F)F)nn3C/C=C\C=C/C(Cl)Cl)cc2)cc1.